The van der Waals surface area contributed by atoms with Crippen LogP contribution in [0, 0.1) is 23.7 Å². The molecule has 0 spiro atoms. The number of likely N-dealkylation sites (tertiary alicyclic amines) is 1. The molecular weight excluding hydrogens is 604 g/mol. The van der Waals surface area contributed by atoms with Crippen LogP contribution in [0.3, 0.4) is 0 Å². The number of hydrogen-bond acceptors (Lipinski definition) is 9. The van der Waals surface area contributed by atoms with Crippen LogP contribution in [0.4, 0.5) is 10.6 Å². The van der Waals surface area contributed by atoms with Crippen molar-refractivity contribution < 1.29 is 38.8 Å². The molecule has 0 aromatic carbocycles. The summed E-state index contributed by atoms with van der Waals surface area (Å²) in [7, 11) is 0. The van der Waals surface area contributed by atoms with Crippen LogP contribution in [-0.2, 0) is 19.1 Å². The average Bonchev–Trinajstić information content (AvgIpc) is 2.97. The Morgan fingerprint density at radius 1 is 1.09 bits per heavy atom. The standard InChI is InChI=1S/C35H60N4O8/c1-11-45-21-25(15-22(2)3)37-32(42)27-19-38(34(44)47-35(8,9)10)20-28(31(27)41)33(43)39(18-23(4)5)30-16-29(46-14-12-13-40)26(17-36-30)24(6)7/h16-17,22-25,27-28,31,40-41H,11-15,18-21H2,1-10H3,(H,37,42)/t25-,27-,28+,31-/m1/s1. The van der Waals surface area contributed by atoms with Gasteiger partial charge in [0.1, 0.15) is 17.2 Å². The van der Waals surface area contributed by atoms with E-state index < -0.39 is 41.4 Å². The fourth-order valence-electron chi connectivity index (χ4n) is 5.54. The Balaban J connectivity index is 2.53. The van der Waals surface area contributed by atoms with Crippen LogP contribution in [0.25, 0.3) is 0 Å². The molecular formula is C35H60N4O8. The third-order valence-corrected chi connectivity index (χ3v) is 7.74. The van der Waals surface area contributed by atoms with Gasteiger partial charge in [0.25, 0.3) is 0 Å². The van der Waals surface area contributed by atoms with Crippen LogP contribution in [0.2, 0.25) is 0 Å². The van der Waals surface area contributed by atoms with Gasteiger partial charge in [0.05, 0.1) is 37.2 Å². The topological polar surface area (TPSA) is 151 Å². The lowest BCUT2D eigenvalue weighted by molar-refractivity contribution is -0.141. The zero-order valence-electron chi connectivity index (χ0n) is 30.2. The van der Waals surface area contributed by atoms with E-state index >= 15 is 0 Å². The zero-order chi connectivity index (χ0) is 35.5. The highest BCUT2D eigenvalue weighted by Crippen LogP contribution is 2.33. The van der Waals surface area contributed by atoms with E-state index in [1.807, 2.05) is 48.5 Å². The molecule has 12 nitrogen and oxygen atoms in total. The first-order chi connectivity index (χ1) is 22.0. The molecule has 1 aliphatic rings. The summed E-state index contributed by atoms with van der Waals surface area (Å²) < 4.78 is 17.3. The minimum Gasteiger partial charge on any atom is -0.493 e. The van der Waals surface area contributed by atoms with E-state index in [9.17, 15) is 24.6 Å². The van der Waals surface area contributed by atoms with Crippen molar-refractivity contribution in [2.75, 3.05) is 51.0 Å². The molecule has 2 rings (SSSR count). The van der Waals surface area contributed by atoms with Gasteiger partial charge in [-0.15, -0.1) is 0 Å². The fraction of sp³-hybridized carbons (Fsp3) is 0.771. The Morgan fingerprint density at radius 3 is 2.30 bits per heavy atom. The van der Waals surface area contributed by atoms with Crippen molar-refractivity contribution in [1.82, 2.24) is 15.2 Å². The number of aliphatic hydroxyl groups is 2. The van der Waals surface area contributed by atoms with E-state index in [4.69, 9.17) is 14.2 Å². The fourth-order valence-corrected chi connectivity index (χ4v) is 5.54. The number of carbonyl (C=O) groups excluding carboxylic acids is 3. The number of anilines is 1. The Labute approximate surface area is 281 Å². The predicted molar refractivity (Wildman–Crippen MR) is 181 cm³/mol. The lowest BCUT2D eigenvalue weighted by Crippen LogP contribution is -2.61. The molecule has 1 aliphatic heterocycles. The van der Waals surface area contributed by atoms with Crippen molar-refractivity contribution in [2.45, 2.75) is 106 Å². The number of aromatic nitrogens is 1. The maximum Gasteiger partial charge on any atom is 0.410 e. The SMILES string of the molecule is CCOC[C@@H](CC(C)C)NC(=O)[C@@H]1CN(C(=O)OC(C)(C)C)C[C@H](C(=O)N(CC(C)C)c2cc(OCCCO)c(C(C)C)cn2)[C@@H]1O. The number of carbonyl (C=O) groups is 3. The number of ether oxygens (including phenoxy) is 3. The van der Waals surface area contributed by atoms with Crippen molar-refractivity contribution in [3.05, 3.63) is 17.8 Å². The van der Waals surface area contributed by atoms with Crippen molar-refractivity contribution in [3.63, 3.8) is 0 Å². The second-order valence-electron chi connectivity index (χ2n) is 14.6. The molecule has 0 bridgehead atoms. The van der Waals surface area contributed by atoms with Gasteiger partial charge in [0.2, 0.25) is 11.8 Å². The number of pyridine rings is 1. The molecule has 268 valence electrons. The highest BCUT2D eigenvalue weighted by molar-refractivity contribution is 5.96. The predicted octanol–water partition coefficient (Wildman–Crippen LogP) is 4.37. The third-order valence-electron chi connectivity index (χ3n) is 7.74. The summed E-state index contributed by atoms with van der Waals surface area (Å²) in [5, 5.41) is 24.0. The van der Waals surface area contributed by atoms with Crippen molar-refractivity contribution in [3.8, 4) is 5.75 Å². The summed E-state index contributed by atoms with van der Waals surface area (Å²) in [5.74, 6) is -1.84. The lowest BCUT2D eigenvalue weighted by atomic mass is 9.84. The first-order valence-electron chi connectivity index (χ1n) is 17.1. The number of aliphatic hydroxyl groups excluding tert-OH is 2. The van der Waals surface area contributed by atoms with E-state index in [1.165, 1.54) is 9.80 Å². The Bertz CT molecular complexity index is 1150. The van der Waals surface area contributed by atoms with Gasteiger partial charge in [-0.05, 0) is 51.9 Å². The first kappa shape index (κ1) is 40.2. The molecule has 12 heteroatoms. The summed E-state index contributed by atoms with van der Waals surface area (Å²) in [4.78, 5) is 49.1. The molecule has 1 aromatic rings. The van der Waals surface area contributed by atoms with Crippen LogP contribution < -0.4 is 15.0 Å². The molecule has 3 amide bonds. The minimum atomic E-state index is -1.38. The van der Waals surface area contributed by atoms with E-state index in [1.54, 1.807) is 33.0 Å². The molecule has 1 fully saturated rings. The summed E-state index contributed by atoms with van der Waals surface area (Å²) in [6.07, 6.45) is 0.753. The molecule has 1 aromatic heterocycles. The number of piperidine rings is 1. The van der Waals surface area contributed by atoms with E-state index in [-0.39, 0.29) is 50.0 Å². The van der Waals surface area contributed by atoms with E-state index in [0.717, 1.165) is 5.56 Å². The molecule has 2 heterocycles. The summed E-state index contributed by atoms with van der Waals surface area (Å²) in [5.41, 5.74) is 0.0554. The van der Waals surface area contributed by atoms with Gasteiger partial charge in [-0.1, -0.05) is 41.5 Å². The average molecular weight is 665 g/mol. The number of nitrogens with one attached hydrogen (secondary N) is 1. The monoisotopic (exact) mass is 664 g/mol. The van der Waals surface area contributed by atoms with Gasteiger partial charge in [-0.25, -0.2) is 9.78 Å². The largest absolute Gasteiger partial charge is 0.493 e. The Morgan fingerprint density at radius 2 is 1.74 bits per heavy atom. The quantitative estimate of drug-likeness (QED) is 0.219. The molecule has 3 N–H and O–H groups in total. The number of amides is 3. The summed E-state index contributed by atoms with van der Waals surface area (Å²) in [6, 6.07) is 1.41. The van der Waals surface area contributed by atoms with Crippen molar-refractivity contribution in [2.24, 2.45) is 23.7 Å². The minimum absolute atomic E-state index is 0.0147. The van der Waals surface area contributed by atoms with Gasteiger partial charge >= 0.3 is 6.09 Å². The molecule has 47 heavy (non-hydrogen) atoms. The first-order valence-corrected chi connectivity index (χ1v) is 17.1. The second kappa shape index (κ2) is 18.5. The number of hydrogen-bond donors (Lipinski definition) is 3. The van der Waals surface area contributed by atoms with Gasteiger partial charge < -0.3 is 34.6 Å². The molecule has 0 aliphatic carbocycles. The summed E-state index contributed by atoms with van der Waals surface area (Å²) >= 11 is 0. The van der Waals surface area contributed by atoms with Crippen molar-refractivity contribution in [1.29, 1.82) is 0 Å². The maximum atomic E-state index is 14.5. The second-order valence-corrected chi connectivity index (χ2v) is 14.6. The van der Waals surface area contributed by atoms with Gasteiger partial charge in [0, 0.05) is 57.1 Å². The molecule has 0 saturated carbocycles. The zero-order valence-corrected chi connectivity index (χ0v) is 30.2. The van der Waals surface area contributed by atoms with Crippen LogP contribution in [0.15, 0.2) is 12.3 Å². The van der Waals surface area contributed by atoms with Crippen LogP contribution in [-0.4, -0.2) is 102 Å². The van der Waals surface area contributed by atoms with Crippen LogP contribution in [0.1, 0.15) is 93.6 Å². The highest BCUT2D eigenvalue weighted by Gasteiger charge is 2.47. The van der Waals surface area contributed by atoms with E-state index in [2.05, 4.69) is 10.3 Å². The smallest absolute Gasteiger partial charge is 0.410 e. The van der Waals surface area contributed by atoms with Gasteiger partial charge in [-0.3, -0.25) is 14.5 Å². The van der Waals surface area contributed by atoms with Crippen molar-refractivity contribution >= 4 is 23.7 Å². The number of nitrogens with zero attached hydrogens (tertiary/aromatic N) is 3. The third kappa shape index (κ3) is 12.5. The molecule has 0 radical (unpaired) electrons. The Kier molecular flexibility index (Phi) is 15.9. The lowest BCUT2D eigenvalue weighted by Gasteiger charge is -2.42. The van der Waals surface area contributed by atoms with Gasteiger partial charge in [0.15, 0.2) is 0 Å². The Hall–Kier alpha value is -2.96. The molecule has 4 atom stereocenters. The summed E-state index contributed by atoms with van der Waals surface area (Å²) in [6.45, 7) is 20.3. The van der Waals surface area contributed by atoms with Crippen LogP contribution >= 0.6 is 0 Å². The maximum absolute atomic E-state index is 14.5. The van der Waals surface area contributed by atoms with Crippen LogP contribution in [0.5, 0.6) is 5.75 Å². The normalized spacial score (nSPS) is 19.2. The van der Waals surface area contributed by atoms with E-state index in [0.29, 0.717) is 44.2 Å². The molecule has 0 unspecified atom stereocenters. The molecule has 1 saturated heterocycles. The van der Waals surface area contributed by atoms with Gasteiger partial charge in [-0.2, -0.15) is 0 Å². The highest BCUT2D eigenvalue weighted by atomic mass is 16.6. The number of rotatable bonds is 16.